The van der Waals surface area contributed by atoms with Crippen molar-refractivity contribution in [1.29, 1.82) is 0 Å². The predicted octanol–water partition coefficient (Wildman–Crippen LogP) is 2.09. The lowest BCUT2D eigenvalue weighted by Gasteiger charge is -2.15. The molecule has 76 valence electrons. The van der Waals surface area contributed by atoms with E-state index in [0.29, 0.717) is 6.04 Å². The quantitative estimate of drug-likeness (QED) is 0.724. The van der Waals surface area contributed by atoms with E-state index in [1.165, 1.54) is 5.57 Å². The molecule has 1 heterocycles. The first-order chi connectivity index (χ1) is 6.74. The smallest absolute Gasteiger partial charge is 0.115 e. The second-order valence-electron chi connectivity index (χ2n) is 3.51. The van der Waals surface area contributed by atoms with Gasteiger partial charge in [0, 0.05) is 24.0 Å². The van der Waals surface area contributed by atoms with Crippen LogP contribution in [0, 0.1) is 0 Å². The maximum Gasteiger partial charge on any atom is 0.115 e. The summed E-state index contributed by atoms with van der Waals surface area (Å²) in [6.07, 6.45) is 7.33. The van der Waals surface area contributed by atoms with Crippen molar-refractivity contribution in [3.63, 3.8) is 0 Å². The van der Waals surface area contributed by atoms with Gasteiger partial charge in [-0.2, -0.15) is 0 Å². The third-order valence-corrected chi connectivity index (χ3v) is 2.19. The van der Waals surface area contributed by atoms with E-state index in [0.717, 1.165) is 18.4 Å². The number of nitrogens with zero attached hydrogens (tertiary/aromatic N) is 2. The summed E-state index contributed by atoms with van der Waals surface area (Å²) in [7, 11) is 1.95. The molecule has 0 aliphatic heterocycles. The molecule has 1 aromatic rings. The Kier molecular flexibility index (Phi) is 4.26. The minimum absolute atomic E-state index is 0.327. The molecule has 1 rings (SSSR count). The van der Waals surface area contributed by atoms with Crippen LogP contribution in [0.15, 0.2) is 30.9 Å². The topological polar surface area (TPSA) is 37.8 Å². The van der Waals surface area contributed by atoms with Gasteiger partial charge in [0.15, 0.2) is 0 Å². The fourth-order valence-electron chi connectivity index (χ4n) is 1.36. The van der Waals surface area contributed by atoms with Gasteiger partial charge in [-0.15, -0.1) is 6.58 Å². The molecule has 0 aliphatic rings. The highest BCUT2D eigenvalue weighted by atomic mass is 14.9. The maximum absolute atomic E-state index is 4.01. The summed E-state index contributed by atoms with van der Waals surface area (Å²) in [6.45, 7) is 5.95. The van der Waals surface area contributed by atoms with Crippen molar-refractivity contribution in [2.24, 2.45) is 0 Å². The molecule has 3 heteroatoms. The second-order valence-corrected chi connectivity index (χ2v) is 3.51. The van der Waals surface area contributed by atoms with Gasteiger partial charge in [0.2, 0.25) is 0 Å². The van der Waals surface area contributed by atoms with Crippen LogP contribution in [-0.2, 0) is 0 Å². The molecule has 1 atom stereocenters. The highest BCUT2D eigenvalue weighted by Gasteiger charge is 2.08. The van der Waals surface area contributed by atoms with E-state index in [1.54, 1.807) is 6.33 Å². The molecule has 0 radical (unpaired) electrons. The molecule has 0 spiro atoms. The standard InChI is InChI=1S/C11H17N3/c1-9(2)4-5-11(12-3)10-6-13-8-14-7-10/h6-8,11-12H,1,4-5H2,2-3H3. The van der Waals surface area contributed by atoms with E-state index in [1.807, 2.05) is 26.4 Å². The van der Waals surface area contributed by atoms with E-state index in [-0.39, 0.29) is 0 Å². The summed E-state index contributed by atoms with van der Waals surface area (Å²) in [5, 5.41) is 3.25. The number of rotatable bonds is 5. The highest BCUT2D eigenvalue weighted by molar-refractivity contribution is 5.09. The minimum atomic E-state index is 0.327. The Bertz CT molecular complexity index is 282. The second kappa shape index (κ2) is 5.50. The minimum Gasteiger partial charge on any atom is -0.313 e. The molecule has 0 fully saturated rings. The van der Waals surface area contributed by atoms with E-state index >= 15 is 0 Å². The maximum atomic E-state index is 4.01. The van der Waals surface area contributed by atoms with Crippen molar-refractivity contribution in [2.75, 3.05) is 7.05 Å². The largest absolute Gasteiger partial charge is 0.313 e. The predicted molar refractivity (Wildman–Crippen MR) is 57.9 cm³/mol. The molecule has 0 aromatic carbocycles. The molecule has 0 amide bonds. The lowest BCUT2D eigenvalue weighted by atomic mass is 10.0. The third kappa shape index (κ3) is 3.26. The number of aromatic nitrogens is 2. The Morgan fingerprint density at radius 1 is 1.50 bits per heavy atom. The molecular weight excluding hydrogens is 174 g/mol. The lowest BCUT2D eigenvalue weighted by Crippen LogP contribution is -2.16. The first kappa shape index (κ1) is 10.9. The Morgan fingerprint density at radius 2 is 2.14 bits per heavy atom. The summed E-state index contributed by atoms with van der Waals surface area (Å²) in [5.74, 6) is 0. The molecule has 1 aromatic heterocycles. The first-order valence-electron chi connectivity index (χ1n) is 4.80. The molecular formula is C11H17N3. The number of hydrogen-bond donors (Lipinski definition) is 1. The van der Waals surface area contributed by atoms with Crippen LogP contribution in [0.25, 0.3) is 0 Å². The van der Waals surface area contributed by atoms with Crippen LogP contribution in [0.5, 0.6) is 0 Å². The fraction of sp³-hybridized carbons (Fsp3) is 0.455. The van der Waals surface area contributed by atoms with E-state index < -0.39 is 0 Å². The van der Waals surface area contributed by atoms with Crippen molar-refractivity contribution in [2.45, 2.75) is 25.8 Å². The van der Waals surface area contributed by atoms with Gasteiger partial charge in [-0.3, -0.25) is 0 Å². The van der Waals surface area contributed by atoms with Crippen molar-refractivity contribution in [3.8, 4) is 0 Å². The average Bonchev–Trinajstić information content (AvgIpc) is 2.20. The fourth-order valence-corrected chi connectivity index (χ4v) is 1.36. The summed E-state index contributed by atoms with van der Waals surface area (Å²) < 4.78 is 0. The number of nitrogens with one attached hydrogen (secondary N) is 1. The zero-order chi connectivity index (χ0) is 10.4. The van der Waals surface area contributed by atoms with Gasteiger partial charge in [-0.25, -0.2) is 9.97 Å². The van der Waals surface area contributed by atoms with Crippen molar-refractivity contribution in [3.05, 3.63) is 36.4 Å². The van der Waals surface area contributed by atoms with Crippen LogP contribution in [0.1, 0.15) is 31.4 Å². The van der Waals surface area contributed by atoms with Crippen LogP contribution in [0.2, 0.25) is 0 Å². The Morgan fingerprint density at radius 3 is 2.64 bits per heavy atom. The zero-order valence-corrected chi connectivity index (χ0v) is 8.83. The molecule has 14 heavy (non-hydrogen) atoms. The molecule has 3 nitrogen and oxygen atoms in total. The van der Waals surface area contributed by atoms with E-state index in [4.69, 9.17) is 0 Å². The van der Waals surface area contributed by atoms with Gasteiger partial charge in [0.25, 0.3) is 0 Å². The Balaban J connectivity index is 2.58. The Hall–Kier alpha value is -1.22. The summed E-state index contributed by atoms with van der Waals surface area (Å²) in [6, 6.07) is 0.327. The van der Waals surface area contributed by atoms with Gasteiger partial charge in [-0.05, 0) is 26.8 Å². The summed E-state index contributed by atoms with van der Waals surface area (Å²) >= 11 is 0. The zero-order valence-electron chi connectivity index (χ0n) is 8.83. The van der Waals surface area contributed by atoms with Gasteiger partial charge < -0.3 is 5.32 Å². The van der Waals surface area contributed by atoms with Crippen molar-refractivity contribution < 1.29 is 0 Å². The summed E-state index contributed by atoms with van der Waals surface area (Å²) in [5.41, 5.74) is 2.35. The van der Waals surface area contributed by atoms with E-state index in [2.05, 4.69) is 21.9 Å². The molecule has 0 bridgehead atoms. The normalized spacial score (nSPS) is 12.4. The van der Waals surface area contributed by atoms with Gasteiger partial charge in [-0.1, -0.05) is 5.57 Å². The third-order valence-electron chi connectivity index (χ3n) is 2.19. The van der Waals surface area contributed by atoms with Crippen LogP contribution in [-0.4, -0.2) is 17.0 Å². The van der Waals surface area contributed by atoms with E-state index in [9.17, 15) is 0 Å². The monoisotopic (exact) mass is 191 g/mol. The molecule has 1 unspecified atom stereocenters. The van der Waals surface area contributed by atoms with Crippen LogP contribution >= 0.6 is 0 Å². The van der Waals surface area contributed by atoms with Crippen LogP contribution < -0.4 is 5.32 Å². The molecule has 0 saturated heterocycles. The lowest BCUT2D eigenvalue weighted by molar-refractivity contribution is 0.544. The van der Waals surface area contributed by atoms with Gasteiger partial charge in [0.05, 0.1) is 0 Å². The highest BCUT2D eigenvalue weighted by Crippen LogP contribution is 2.17. The SMILES string of the molecule is C=C(C)CCC(NC)c1cncnc1. The first-order valence-corrected chi connectivity index (χ1v) is 4.80. The number of allylic oxidation sites excluding steroid dienone is 1. The Labute approximate surface area is 85.3 Å². The molecule has 0 aliphatic carbocycles. The van der Waals surface area contributed by atoms with Gasteiger partial charge >= 0.3 is 0 Å². The molecule has 0 saturated carbocycles. The molecule has 1 N–H and O–H groups in total. The van der Waals surface area contributed by atoms with Crippen LogP contribution in [0.3, 0.4) is 0 Å². The van der Waals surface area contributed by atoms with Crippen molar-refractivity contribution >= 4 is 0 Å². The summed E-state index contributed by atoms with van der Waals surface area (Å²) in [4.78, 5) is 8.01. The van der Waals surface area contributed by atoms with Crippen molar-refractivity contribution in [1.82, 2.24) is 15.3 Å². The number of hydrogen-bond acceptors (Lipinski definition) is 3. The van der Waals surface area contributed by atoms with Crippen LogP contribution in [0.4, 0.5) is 0 Å². The average molecular weight is 191 g/mol. The van der Waals surface area contributed by atoms with Gasteiger partial charge in [0.1, 0.15) is 6.33 Å².